The molecule has 6 heteroatoms. The van der Waals surface area contributed by atoms with Gasteiger partial charge in [-0.15, -0.1) is 0 Å². The maximum Gasteiger partial charge on any atom is 0.192 e. The average molecular weight is 187 g/mol. The molecule has 1 aliphatic rings. The Kier molecular flexibility index (Phi) is 3.51. The Morgan fingerprint density at radius 2 is 1.85 bits per heavy atom. The molecule has 13 heavy (non-hydrogen) atoms. The van der Waals surface area contributed by atoms with Crippen molar-refractivity contribution in [3.05, 3.63) is 0 Å². The van der Waals surface area contributed by atoms with E-state index in [2.05, 4.69) is 10.3 Å². The lowest BCUT2D eigenvalue weighted by Crippen LogP contribution is -2.43. The van der Waals surface area contributed by atoms with E-state index in [0.29, 0.717) is 37.9 Å². The lowest BCUT2D eigenvalue weighted by atomic mass is 10.3. The molecule has 0 aromatic carbocycles. The van der Waals surface area contributed by atoms with Crippen molar-refractivity contribution in [1.29, 1.82) is 0 Å². The van der Waals surface area contributed by atoms with E-state index in [1.54, 1.807) is 11.8 Å². The maximum atomic E-state index is 8.69. The van der Waals surface area contributed by atoms with Crippen molar-refractivity contribution < 1.29 is 15.2 Å². The van der Waals surface area contributed by atoms with Crippen LogP contribution in [-0.2, 0) is 4.74 Å². The minimum atomic E-state index is 0.296. The highest BCUT2D eigenvalue weighted by atomic mass is 16.5. The highest BCUT2D eigenvalue weighted by Gasteiger charge is 2.18. The Balaban J connectivity index is 2.66. The normalized spacial score (nSPS) is 20.5. The van der Waals surface area contributed by atoms with Gasteiger partial charge in [0.1, 0.15) is 5.71 Å². The first kappa shape index (κ1) is 9.79. The molecule has 0 saturated carbocycles. The van der Waals surface area contributed by atoms with E-state index in [9.17, 15) is 0 Å². The Hall–Kier alpha value is -1.30. The molecule has 0 bridgehead atoms. The lowest BCUT2D eigenvalue weighted by Gasteiger charge is -2.28. The molecule has 0 atom stereocenters. The predicted molar refractivity (Wildman–Crippen MR) is 46.5 cm³/mol. The van der Waals surface area contributed by atoms with Crippen molar-refractivity contribution in [2.75, 3.05) is 26.3 Å². The summed E-state index contributed by atoms with van der Waals surface area (Å²) in [4.78, 5) is 1.80. The first-order valence-electron chi connectivity index (χ1n) is 4.03. The van der Waals surface area contributed by atoms with Gasteiger partial charge in [-0.3, -0.25) is 0 Å². The van der Waals surface area contributed by atoms with Crippen LogP contribution in [0.3, 0.4) is 0 Å². The fourth-order valence-corrected chi connectivity index (χ4v) is 1.18. The second-order valence-corrected chi connectivity index (χ2v) is 2.71. The first-order chi connectivity index (χ1) is 6.29. The van der Waals surface area contributed by atoms with E-state index in [-0.39, 0.29) is 0 Å². The molecule has 0 aliphatic carbocycles. The van der Waals surface area contributed by atoms with E-state index in [1.165, 1.54) is 0 Å². The molecule has 74 valence electrons. The summed E-state index contributed by atoms with van der Waals surface area (Å²) in [6, 6.07) is 0. The molecule has 1 saturated heterocycles. The Morgan fingerprint density at radius 1 is 1.23 bits per heavy atom. The fourth-order valence-electron chi connectivity index (χ4n) is 1.18. The molecule has 0 spiro atoms. The molecule has 0 aromatic rings. The van der Waals surface area contributed by atoms with E-state index < -0.39 is 0 Å². The van der Waals surface area contributed by atoms with Crippen LogP contribution in [0.1, 0.15) is 6.92 Å². The number of hydrogen-bond donors (Lipinski definition) is 2. The van der Waals surface area contributed by atoms with Crippen molar-refractivity contribution in [2.24, 2.45) is 10.3 Å². The highest BCUT2D eigenvalue weighted by molar-refractivity contribution is 6.40. The van der Waals surface area contributed by atoms with E-state index >= 15 is 0 Å². The molecule has 0 aromatic heterocycles. The van der Waals surface area contributed by atoms with Crippen molar-refractivity contribution in [3.8, 4) is 0 Å². The van der Waals surface area contributed by atoms with Crippen LogP contribution in [0.15, 0.2) is 10.3 Å². The second-order valence-electron chi connectivity index (χ2n) is 2.71. The summed E-state index contributed by atoms with van der Waals surface area (Å²) >= 11 is 0. The van der Waals surface area contributed by atoms with E-state index in [0.717, 1.165) is 0 Å². The standard InChI is InChI=1S/C7H13N3O3/c1-6(8-11)7(9-12)10-2-4-13-5-3-10/h11-12H,2-5H2,1H3/b8-6-,9-7-. The summed E-state index contributed by atoms with van der Waals surface area (Å²) in [6.45, 7) is 4.05. The number of nitrogens with zero attached hydrogens (tertiary/aromatic N) is 3. The van der Waals surface area contributed by atoms with Gasteiger partial charge in [-0.05, 0) is 6.92 Å². The zero-order valence-corrected chi connectivity index (χ0v) is 7.47. The van der Waals surface area contributed by atoms with Crippen LogP contribution >= 0.6 is 0 Å². The van der Waals surface area contributed by atoms with Gasteiger partial charge in [-0.2, -0.15) is 0 Å². The molecule has 0 amide bonds. The summed E-state index contributed by atoms with van der Waals surface area (Å²) in [5.41, 5.74) is 0.296. The maximum absolute atomic E-state index is 8.69. The van der Waals surface area contributed by atoms with Gasteiger partial charge in [-0.25, -0.2) is 0 Å². The molecular formula is C7H13N3O3. The molecule has 1 fully saturated rings. The molecule has 2 N–H and O–H groups in total. The second kappa shape index (κ2) is 4.66. The van der Waals surface area contributed by atoms with Crippen molar-refractivity contribution in [2.45, 2.75) is 6.92 Å². The summed E-state index contributed by atoms with van der Waals surface area (Å²) in [5.74, 6) is 0.297. The van der Waals surface area contributed by atoms with Gasteiger partial charge in [-0.1, -0.05) is 10.3 Å². The first-order valence-corrected chi connectivity index (χ1v) is 4.03. The number of oxime groups is 2. The van der Waals surface area contributed by atoms with Crippen LogP contribution in [0, 0.1) is 0 Å². The third kappa shape index (κ3) is 2.32. The number of morpholine rings is 1. The van der Waals surface area contributed by atoms with Crippen LogP contribution in [0.2, 0.25) is 0 Å². The van der Waals surface area contributed by atoms with Crippen molar-refractivity contribution in [3.63, 3.8) is 0 Å². The predicted octanol–water partition coefficient (Wildman–Crippen LogP) is -0.0436. The quantitative estimate of drug-likeness (QED) is 0.261. The third-order valence-corrected chi connectivity index (χ3v) is 1.88. The molecule has 1 rings (SSSR count). The zero-order valence-electron chi connectivity index (χ0n) is 7.47. The Morgan fingerprint density at radius 3 is 2.31 bits per heavy atom. The van der Waals surface area contributed by atoms with Gasteiger partial charge in [0.25, 0.3) is 0 Å². The SMILES string of the molecule is CC(=N/O)/C(=N/O)N1CCOCC1. The van der Waals surface area contributed by atoms with E-state index in [4.69, 9.17) is 15.2 Å². The Bertz CT molecular complexity index is 221. The molecule has 1 heterocycles. The zero-order chi connectivity index (χ0) is 9.68. The van der Waals surface area contributed by atoms with Gasteiger partial charge in [0, 0.05) is 13.1 Å². The van der Waals surface area contributed by atoms with Crippen molar-refractivity contribution in [1.82, 2.24) is 4.90 Å². The minimum absolute atomic E-state index is 0.296. The van der Waals surface area contributed by atoms with Crippen LogP contribution in [0.5, 0.6) is 0 Å². The summed E-state index contributed by atoms with van der Waals surface area (Å²) in [6.07, 6.45) is 0. The number of rotatable bonds is 1. The Labute approximate surface area is 76.1 Å². The van der Waals surface area contributed by atoms with Crippen LogP contribution in [-0.4, -0.2) is 53.2 Å². The van der Waals surface area contributed by atoms with Gasteiger partial charge in [0.2, 0.25) is 0 Å². The van der Waals surface area contributed by atoms with Gasteiger partial charge < -0.3 is 20.1 Å². The monoisotopic (exact) mass is 187 g/mol. The minimum Gasteiger partial charge on any atom is -0.411 e. The molecule has 1 aliphatic heterocycles. The van der Waals surface area contributed by atoms with E-state index in [1.807, 2.05) is 0 Å². The lowest BCUT2D eigenvalue weighted by molar-refractivity contribution is 0.0674. The topological polar surface area (TPSA) is 77.7 Å². The summed E-state index contributed by atoms with van der Waals surface area (Å²) in [7, 11) is 0. The van der Waals surface area contributed by atoms with Gasteiger partial charge in [0.15, 0.2) is 5.84 Å². The van der Waals surface area contributed by atoms with Gasteiger partial charge in [0.05, 0.1) is 13.2 Å². The molecular weight excluding hydrogens is 174 g/mol. The molecule has 0 unspecified atom stereocenters. The highest BCUT2D eigenvalue weighted by Crippen LogP contribution is 2.00. The smallest absolute Gasteiger partial charge is 0.192 e. The molecule has 0 radical (unpaired) electrons. The third-order valence-electron chi connectivity index (χ3n) is 1.88. The average Bonchev–Trinajstić information content (AvgIpc) is 2.20. The number of amidine groups is 1. The van der Waals surface area contributed by atoms with Gasteiger partial charge >= 0.3 is 0 Å². The van der Waals surface area contributed by atoms with Crippen molar-refractivity contribution >= 4 is 11.5 Å². The largest absolute Gasteiger partial charge is 0.411 e. The summed E-state index contributed by atoms with van der Waals surface area (Å²) in [5, 5.41) is 23.3. The summed E-state index contributed by atoms with van der Waals surface area (Å²) < 4.78 is 5.13. The number of ether oxygens (including phenoxy) is 1. The van der Waals surface area contributed by atoms with Crippen LogP contribution < -0.4 is 0 Å². The van der Waals surface area contributed by atoms with Crippen LogP contribution in [0.25, 0.3) is 0 Å². The van der Waals surface area contributed by atoms with Crippen LogP contribution in [0.4, 0.5) is 0 Å². The molecule has 6 nitrogen and oxygen atoms in total. The number of hydrogen-bond acceptors (Lipinski definition) is 5. The fraction of sp³-hybridized carbons (Fsp3) is 0.714.